The smallest absolute Gasteiger partial charge is 0.227 e. The standard InChI is InChI=1S/C18H32N2O2Si/c1-18(2,3)23(5,6)22-13-8-7-11-16(17(21)19-4)15-10-9-12-20-14-15/h9-10,12,14,16H,7-8,11,13H2,1-6H3,(H,19,21). The quantitative estimate of drug-likeness (QED) is 0.574. The summed E-state index contributed by atoms with van der Waals surface area (Å²) >= 11 is 0. The fourth-order valence-corrected chi connectivity index (χ4v) is 3.29. The van der Waals surface area contributed by atoms with Gasteiger partial charge >= 0.3 is 0 Å². The van der Waals surface area contributed by atoms with E-state index in [4.69, 9.17) is 4.43 Å². The van der Waals surface area contributed by atoms with Gasteiger partial charge in [-0.2, -0.15) is 0 Å². The van der Waals surface area contributed by atoms with Gasteiger partial charge in [-0.25, -0.2) is 0 Å². The van der Waals surface area contributed by atoms with E-state index in [-0.39, 0.29) is 16.9 Å². The zero-order valence-electron chi connectivity index (χ0n) is 15.5. The summed E-state index contributed by atoms with van der Waals surface area (Å²) < 4.78 is 6.19. The molecule has 1 atom stereocenters. The Morgan fingerprint density at radius 3 is 2.57 bits per heavy atom. The topological polar surface area (TPSA) is 51.2 Å². The molecule has 0 saturated carbocycles. The molecule has 1 amide bonds. The molecular weight excluding hydrogens is 304 g/mol. The Hall–Kier alpha value is -1.20. The summed E-state index contributed by atoms with van der Waals surface area (Å²) in [6, 6.07) is 3.85. The van der Waals surface area contributed by atoms with Gasteiger partial charge in [0.15, 0.2) is 8.32 Å². The van der Waals surface area contributed by atoms with Crippen molar-refractivity contribution in [2.75, 3.05) is 13.7 Å². The molecule has 0 fully saturated rings. The number of nitrogens with zero attached hydrogens (tertiary/aromatic N) is 1. The van der Waals surface area contributed by atoms with E-state index in [2.05, 4.69) is 44.2 Å². The van der Waals surface area contributed by atoms with E-state index in [9.17, 15) is 4.79 Å². The molecule has 4 nitrogen and oxygen atoms in total. The van der Waals surface area contributed by atoms with E-state index < -0.39 is 8.32 Å². The van der Waals surface area contributed by atoms with Gasteiger partial charge in [0.1, 0.15) is 0 Å². The second kappa shape index (κ2) is 8.59. The van der Waals surface area contributed by atoms with E-state index >= 15 is 0 Å². The van der Waals surface area contributed by atoms with Crippen molar-refractivity contribution >= 4 is 14.2 Å². The van der Waals surface area contributed by atoms with E-state index in [1.54, 1.807) is 19.4 Å². The fourth-order valence-electron chi connectivity index (χ4n) is 2.20. The van der Waals surface area contributed by atoms with Gasteiger partial charge in [-0.1, -0.05) is 33.3 Å². The summed E-state index contributed by atoms with van der Waals surface area (Å²) in [5, 5.41) is 3.00. The van der Waals surface area contributed by atoms with Crippen molar-refractivity contribution in [1.29, 1.82) is 0 Å². The lowest BCUT2D eigenvalue weighted by molar-refractivity contribution is -0.122. The highest BCUT2D eigenvalue weighted by molar-refractivity contribution is 6.74. The number of nitrogens with one attached hydrogen (secondary N) is 1. The highest BCUT2D eigenvalue weighted by Crippen LogP contribution is 2.36. The highest BCUT2D eigenvalue weighted by atomic mass is 28.4. The molecule has 1 unspecified atom stereocenters. The maximum atomic E-state index is 12.1. The van der Waals surface area contributed by atoms with Crippen LogP contribution in [0.2, 0.25) is 18.1 Å². The number of aromatic nitrogens is 1. The van der Waals surface area contributed by atoms with Crippen molar-refractivity contribution in [2.45, 2.75) is 64.1 Å². The van der Waals surface area contributed by atoms with E-state index in [1.807, 2.05) is 12.1 Å². The van der Waals surface area contributed by atoms with E-state index in [0.29, 0.717) is 0 Å². The van der Waals surface area contributed by atoms with E-state index in [0.717, 1.165) is 31.4 Å². The van der Waals surface area contributed by atoms with Crippen molar-refractivity contribution < 1.29 is 9.22 Å². The average molecular weight is 337 g/mol. The van der Waals surface area contributed by atoms with Gasteiger partial charge in [-0.3, -0.25) is 9.78 Å². The van der Waals surface area contributed by atoms with Crippen molar-refractivity contribution in [3.63, 3.8) is 0 Å². The van der Waals surface area contributed by atoms with Crippen LogP contribution in [0.1, 0.15) is 51.5 Å². The van der Waals surface area contributed by atoms with Crippen molar-refractivity contribution in [3.8, 4) is 0 Å². The molecule has 0 bridgehead atoms. The van der Waals surface area contributed by atoms with Crippen LogP contribution in [-0.2, 0) is 9.22 Å². The summed E-state index contributed by atoms with van der Waals surface area (Å²) in [5.41, 5.74) is 0.983. The lowest BCUT2D eigenvalue weighted by Gasteiger charge is -2.36. The molecule has 0 spiro atoms. The van der Waals surface area contributed by atoms with Gasteiger partial charge in [0.05, 0.1) is 5.92 Å². The van der Waals surface area contributed by atoms with E-state index in [1.165, 1.54) is 0 Å². The Kier molecular flexibility index (Phi) is 7.41. The number of rotatable bonds is 8. The lowest BCUT2D eigenvalue weighted by Crippen LogP contribution is -2.40. The minimum atomic E-state index is -1.66. The first kappa shape index (κ1) is 19.8. The molecule has 0 aromatic carbocycles. The van der Waals surface area contributed by atoms with Crippen molar-refractivity contribution in [2.24, 2.45) is 0 Å². The van der Waals surface area contributed by atoms with Crippen LogP contribution in [0.5, 0.6) is 0 Å². The molecule has 0 aliphatic rings. The van der Waals surface area contributed by atoms with Crippen molar-refractivity contribution in [3.05, 3.63) is 30.1 Å². The fraction of sp³-hybridized carbons (Fsp3) is 0.667. The SMILES string of the molecule is CNC(=O)C(CCCCO[Si](C)(C)C(C)(C)C)c1cccnc1. The second-order valence-corrected chi connectivity index (χ2v) is 12.4. The van der Waals surface area contributed by atoms with Gasteiger partial charge in [-0.15, -0.1) is 0 Å². The number of hydrogen-bond acceptors (Lipinski definition) is 3. The molecule has 0 saturated heterocycles. The number of amides is 1. The van der Waals surface area contributed by atoms with Gasteiger partial charge in [0, 0.05) is 26.0 Å². The Morgan fingerprint density at radius 2 is 2.04 bits per heavy atom. The van der Waals surface area contributed by atoms with Crippen LogP contribution in [0.15, 0.2) is 24.5 Å². The average Bonchev–Trinajstić information content (AvgIpc) is 2.49. The lowest BCUT2D eigenvalue weighted by atomic mass is 9.94. The summed E-state index contributed by atoms with van der Waals surface area (Å²) in [5.74, 6) is -0.0649. The highest BCUT2D eigenvalue weighted by Gasteiger charge is 2.36. The molecule has 1 heterocycles. The van der Waals surface area contributed by atoms with Crippen molar-refractivity contribution in [1.82, 2.24) is 10.3 Å². The number of likely N-dealkylation sites (N-methyl/N-ethyl adjacent to an activating group) is 1. The first-order chi connectivity index (χ1) is 10.7. The Labute approximate surface area is 142 Å². The molecular formula is C18H32N2O2Si. The maximum absolute atomic E-state index is 12.1. The normalized spacial score (nSPS) is 13.7. The first-order valence-electron chi connectivity index (χ1n) is 8.44. The van der Waals surface area contributed by atoms with Gasteiger partial charge in [0.25, 0.3) is 0 Å². The third-order valence-corrected chi connectivity index (χ3v) is 9.34. The summed E-state index contributed by atoms with van der Waals surface area (Å²) in [7, 11) is 0.0228. The number of carbonyl (C=O) groups excluding carboxylic acids is 1. The monoisotopic (exact) mass is 336 g/mol. The summed E-state index contributed by atoms with van der Waals surface area (Å²) in [6.07, 6.45) is 6.30. The third kappa shape index (κ3) is 6.07. The van der Waals surface area contributed by atoms with Gasteiger partial charge < -0.3 is 9.74 Å². The Morgan fingerprint density at radius 1 is 1.35 bits per heavy atom. The van der Waals surface area contributed by atoms with Crippen LogP contribution < -0.4 is 5.32 Å². The number of pyridine rings is 1. The third-order valence-electron chi connectivity index (χ3n) is 4.81. The number of hydrogen-bond donors (Lipinski definition) is 1. The zero-order chi connectivity index (χ0) is 17.5. The number of carbonyl (C=O) groups is 1. The molecule has 130 valence electrons. The molecule has 0 aliphatic heterocycles. The van der Waals surface area contributed by atoms with Crippen LogP contribution in [-0.4, -0.2) is 32.9 Å². The zero-order valence-corrected chi connectivity index (χ0v) is 16.5. The van der Waals surface area contributed by atoms with Crippen LogP contribution in [0.3, 0.4) is 0 Å². The Balaban J connectivity index is 2.47. The van der Waals surface area contributed by atoms with Crippen LogP contribution >= 0.6 is 0 Å². The summed E-state index contributed by atoms with van der Waals surface area (Å²) in [4.78, 5) is 16.2. The Bertz CT molecular complexity index is 484. The largest absolute Gasteiger partial charge is 0.417 e. The predicted molar refractivity (Wildman–Crippen MR) is 98.0 cm³/mol. The first-order valence-corrected chi connectivity index (χ1v) is 11.4. The molecule has 23 heavy (non-hydrogen) atoms. The van der Waals surface area contributed by atoms with Crippen LogP contribution in [0.4, 0.5) is 0 Å². The molecule has 0 radical (unpaired) electrons. The molecule has 1 aromatic rings. The predicted octanol–water partition coefficient (Wildman–Crippen LogP) is 4.10. The number of unbranched alkanes of at least 4 members (excludes halogenated alkanes) is 1. The molecule has 0 aliphatic carbocycles. The molecule has 1 N–H and O–H groups in total. The molecule has 1 rings (SSSR count). The molecule has 5 heteroatoms. The molecule has 1 aromatic heterocycles. The maximum Gasteiger partial charge on any atom is 0.227 e. The summed E-state index contributed by atoms with van der Waals surface area (Å²) in [6.45, 7) is 12.1. The minimum Gasteiger partial charge on any atom is -0.417 e. The van der Waals surface area contributed by atoms with Gasteiger partial charge in [0.2, 0.25) is 5.91 Å². The van der Waals surface area contributed by atoms with Crippen LogP contribution in [0, 0.1) is 0 Å². The minimum absolute atomic E-state index is 0.0586. The second-order valence-electron chi connectivity index (χ2n) is 7.56. The van der Waals surface area contributed by atoms with Crippen LogP contribution in [0.25, 0.3) is 0 Å². The van der Waals surface area contributed by atoms with Gasteiger partial charge in [-0.05, 0) is 42.6 Å².